The summed E-state index contributed by atoms with van der Waals surface area (Å²) in [6, 6.07) is 2.94. The zero-order valence-electron chi connectivity index (χ0n) is 16.7. The van der Waals surface area contributed by atoms with E-state index in [1.54, 1.807) is 0 Å². The molecule has 2 heterocycles. The molecule has 0 unspecified atom stereocenters. The quantitative estimate of drug-likeness (QED) is 0.302. The number of aliphatic hydroxyl groups is 5. The van der Waals surface area contributed by atoms with Gasteiger partial charge < -0.3 is 36.2 Å². The molecule has 2 aliphatic rings. The van der Waals surface area contributed by atoms with Crippen LogP contribution in [0.5, 0.6) is 0 Å². The Kier molecular flexibility index (Phi) is 14.1. The second-order valence-electron chi connectivity index (χ2n) is 7.47. The second kappa shape index (κ2) is 14.5. The Morgan fingerprint density at radius 1 is 0.935 bits per heavy atom. The van der Waals surface area contributed by atoms with Crippen molar-refractivity contribution in [1.29, 1.82) is 0 Å². The lowest BCUT2D eigenvalue weighted by atomic mass is 9.84. The molecule has 31 heavy (non-hydrogen) atoms. The third kappa shape index (κ3) is 8.30. The van der Waals surface area contributed by atoms with Crippen LogP contribution in [-0.4, -0.2) is 88.9 Å². The van der Waals surface area contributed by atoms with Crippen LogP contribution < -0.4 is 10.6 Å². The summed E-state index contributed by atoms with van der Waals surface area (Å²) in [6.45, 7) is 0.383. The van der Waals surface area contributed by atoms with Crippen LogP contribution in [0.1, 0.15) is 5.56 Å². The lowest BCUT2D eigenvalue weighted by molar-refractivity contribution is -0.0665. The molecule has 0 aromatic heterocycles. The molecule has 7 nitrogen and oxygen atoms in total. The second-order valence-corrected chi connectivity index (χ2v) is 7.47. The van der Waals surface area contributed by atoms with Crippen LogP contribution in [0.25, 0.3) is 0 Å². The van der Waals surface area contributed by atoms with Crippen LogP contribution in [-0.2, 0) is 6.42 Å². The van der Waals surface area contributed by atoms with Crippen LogP contribution in [0, 0.1) is 23.5 Å². The number of alkyl halides is 1. The number of piperidine rings is 2. The number of halogens is 5. The van der Waals surface area contributed by atoms with Crippen LogP contribution >= 0.6 is 24.8 Å². The van der Waals surface area contributed by atoms with Crippen molar-refractivity contribution >= 4 is 24.8 Å². The highest BCUT2D eigenvalue weighted by Crippen LogP contribution is 2.22. The maximum atomic E-state index is 13.6. The fraction of sp³-hybridized carbons (Fsp3) is 0.684. The molecule has 0 radical (unpaired) electrons. The number of hydrogen-bond acceptors (Lipinski definition) is 7. The van der Waals surface area contributed by atoms with Gasteiger partial charge in [-0.15, -0.1) is 24.8 Å². The molecule has 12 heteroatoms. The van der Waals surface area contributed by atoms with Gasteiger partial charge in [-0.3, -0.25) is 0 Å². The topological polar surface area (TPSA) is 125 Å². The molecule has 0 aliphatic carbocycles. The van der Waals surface area contributed by atoms with Gasteiger partial charge in [0, 0.05) is 56.8 Å². The van der Waals surface area contributed by atoms with Crippen LogP contribution in [0.3, 0.4) is 0 Å². The third-order valence-corrected chi connectivity index (χ3v) is 5.44. The monoisotopic (exact) mass is 494 g/mol. The summed E-state index contributed by atoms with van der Waals surface area (Å²) in [5, 5.41) is 52.0. The molecule has 0 saturated carbocycles. The van der Waals surface area contributed by atoms with Crippen molar-refractivity contribution in [3.8, 4) is 0 Å². The molecule has 7 atom stereocenters. The van der Waals surface area contributed by atoms with E-state index in [9.17, 15) is 28.5 Å². The molecule has 1 aromatic carbocycles. The van der Waals surface area contributed by atoms with Crippen LogP contribution in [0.15, 0.2) is 18.2 Å². The predicted molar refractivity (Wildman–Crippen MR) is 113 cm³/mol. The normalized spacial score (nSPS) is 32.7. The minimum Gasteiger partial charge on any atom is -0.396 e. The predicted octanol–water partition coefficient (Wildman–Crippen LogP) is -0.450. The molecule has 2 saturated heterocycles. The SMILES string of the molecule is Cl.Cl.OC[C@@H]1[C@@H](O)[C@H](O)CN[C@H]1Cc1ccc(F)cc1F.OC[C@H]1CNC[C@H](F)[C@@H]1O. The maximum Gasteiger partial charge on any atom is 0.139 e. The van der Waals surface area contributed by atoms with Gasteiger partial charge in [0.2, 0.25) is 0 Å². The van der Waals surface area contributed by atoms with Crippen molar-refractivity contribution in [3.05, 3.63) is 35.4 Å². The number of benzene rings is 1. The first kappa shape index (κ1) is 30.3. The van der Waals surface area contributed by atoms with Gasteiger partial charge in [0.25, 0.3) is 0 Å². The maximum absolute atomic E-state index is 13.6. The summed E-state index contributed by atoms with van der Waals surface area (Å²) in [7, 11) is 0. The van der Waals surface area contributed by atoms with Crippen LogP contribution in [0.2, 0.25) is 0 Å². The van der Waals surface area contributed by atoms with E-state index in [1.807, 2.05) is 0 Å². The van der Waals surface area contributed by atoms with Gasteiger partial charge in [0.15, 0.2) is 0 Å². The van der Waals surface area contributed by atoms with Gasteiger partial charge in [-0.2, -0.15) is 0 Å². The van der Waals surface area contributed by atoms with Crippen LogP contribution in [0.4, 0.5) is 13.2 Å². The molecule has 0 spiro atoms. The average Bonchev–Trinajstić information content (AvgIpc) is 2.69. The fourth-order valence-corrected chi connectivity index (χ4v) is 3.57. The third-order valence-electron chi connectivity index (χ3n) is 5.44. The molecule has 0 bridgehead atoms. The van der Waals surface area contributed by atoms with E-state index in [2.05, 4.69) is 10.6 Å². The van der Waals surface area contributed by atoms with Gasteiger partial charge in [-0.25, -0.2) is 13.2 Å². The first-order valence-electron chi connectivity index (χ1n) is 9.56. The van der Waals surface area contributed by atoms with Crippen molar-refractivity contribution in [2.45, 2.75) is 36.9 Å². The zero-order valence-corrected chi connectivity index (χ0v) is 18.3. The Balaban J connectivity index is 0.000000643. The molecule has 1 aromatic rings. The number of hydrogen-bond donors (Lipinski definition) is 7. The first-order chi connectivity index (χ1) is 13.8. The number of β-amino-alcohol motifs (C(OH)–C–C–N with tert-alkyl or cyclic N) is 1. The summed E-state index contributed by atoms with van der Waals surface area (Å²) in [6.07, 6.45) is -4.02. The Morgan fingerprint density at radius 2 is 1.61 bits per heavy atom. The summed E-state index contributed by atoms with van der Waals surface area (Å²) < 4.78 is 39.0. The summed E-state index contributed by atoms with van der Waals surface area (Å²) >= 11 is 0. The highest BCUT2D eigenvalue weighted by Gasteiger charge is 2.37. The first-order valence-corrected chi connectivity index (χ1v) is 9.56. The van der Waals surface area contributed by atoms with E-state index < -0.39 is 42.0 Å². The average molecular weight is 495 g/mol. The van der Waals surface area contributed by atoms with E-state index in [-0.39, 0.29) is 69.5 Å². The number of rotatable bonds is 4. The van der Waals surface area contributed by atoms with E-state index in [0.29, 0.717) is 12.1 Å². The van der Waals surface area contributed by atoms with Crippen molar-refractivity contribution in [1.82, 2.24) is 10.6 Å². The van der Waals surface area contributed by atoms with Crippen molar-refractivity contribution < 1.29 is 38.7 Å². The summed E-state index contributed by atoms with van der Waals surface area (Å²) in [5.41, 5.74) is 0.306. The molecule has 3 rings (SSSR count). The largest absolute Gasteiger partial charge is 0.396 e. The standard InChI is InChI=1S/C13H17F2NO3.C6H12FNO2.2ClH/c14-8-2-1-7(10(15)4-8)3-11-9(6-17)13(19)12(18)5-16-11;7-5-2-8-1-4(3-9)6(5)10;;/h1-2,4,9,11-13,16-19H,3,5-6H2;4-6,8-10H,1-3H2;2*1H/t9-,11-,12+,13+;4-,5+,6-;;/m01../s1. The Labute approximate surface area is 191 Å². The van der Waals surface area contributed by atoms with Gasteiger partial charge >= 0.3 is 0 Å². The van der Waals surface area contributed by atoms with Gasteiger partial charge in [0.05, 0.1) is 18.3 Å². The Morgan fingerprint density at radius 3 is 2.16 bits per heavy atom. The van der Waals surface area contributed by atoms with Gasteiger partial charge in [-0.1, -0.05) is 6.07 Å². The lowest BCUT2D eigenvalue weighted by Crippen LogP contribution is -2.58. The minimum atomic E-state index is -1.23. The smallest absolute Gasteiger partial charge is 0.139 e. The fourth-order valence-electron chi connectivity index (χ4n) is 3.57. The summed E-state index contributed by atoms with van der Waals surface area (Å²) in [5.74, 6) is -2.23. The molecule has 182 valence electrons. The highest BCUT2D eigenvalue weighted by molar-refractivity contribution is 5.85. The highest BCUT2D eigenvalue weighted by atomic mass is 35.5. The van der Waals surface area contributed by atoms with E-state index >= 15 is 0 Å². The van der Waals surface area contributed by atoms with Crippen molar-refractivity contribution in [2.24, 2.45) is 11.8 Å². The number of nitrogens with one attached hydrogen (secondary N) is 2. The summed E-state index contributed by atoms with van der Waals surface area (Å²) in [4.78, 5) is 0. The van der Waals surface area contributed by atoms with E-state index in [0.717, 1.165) is 6.07 Å². The van der Waals surface area contributed by atoms with E-state index in [1.165, 1.54) is 12.1 Å². The Hall–Kier alpha value is -0.690. The van der Waals surface area contributed by atoms with E-state index in [4.69, 9.17) is 10.2 Å². The Bertz CT molecular complexity index is 653. The minimum absolute atomic E-state index is 0. The zero-order chi connectivity index (χ0) is 21.6. The molecule has 2 aliphatic heterocycles. The van der Waals surface area contributed by atoms with Crippen molar-refractivity contribution in [2.75, 3.05) is 32.8 Å². The molecule has 7 N–H and O–H groups in total. The van der Waals surface area contributed by atoms with Gasteiger partial charge in [0.1, 0.15) is 17.8 Å². The molecule has 0 amide bonds. The molecular weight excluding hydrogens is 464 g/mol. The van der Waals surface area contributed by atoms with Gasteiger partial charge in [-0.05, 0) is 18.1 Å². The molecule has 2 fully saturated rings. The molecular formula is C19H31Cl2F3N2O5. The number of aliphatic hydroxyl groups excluding tert-OH is 5. The lowest BCUT2D eigenvalue weighted by Gasteiger charge is -2.38. The van der Waals surface area contributed by atoms with Crippen molar-refractivity contribution in [3.63, 3.8) is 0 Å².